The molecular formula is C13H15BrClN5O. The fourth-order valence-corrected chi connectivity index (χ4v) is 2.04. The molecule has 112 valence electrons. The molecule has 0 fully saturated rings. The fraction of sp³-hybridized carbons (Fsp3) is 0.308. The molecule has 1 aromatic heterocycles. The number of hydrogen-bond acceptors (Lipinski definition) is 6. The zero-order chi connectivity index (χ0) is 15.2. The Labute approximate surface area is 136 Å². The van der Waals surface area contributed by atoms with Gasteiger partial charge in [0.25, 0.3) is 0 Å². The van der Waals surface area contributed by atoms with Crippen LogP contribution in [0.1, 0.15) is 13.8 Å². The molecule has 21 heavy (non-hydrogen) atoms. The van der Waals surface area contributed by atoms with E-state index >= 15 is 0 Å². The molecule has 0 radical (unpaired) electrons. The number of nitrogens with zero attached hydrogens (tertiary/aromatic N) is 3. The minimum atomic E-state index is 0.277. The third kappa shape index (κ3) is 4.44. The molecular weight excluding hydrogens is 358 g/mol. The molecule has 2 rings (SSSR count). The van der Waals surface area contributed by atoms with Crippen molar-refractivity contribution in [3.63, 3.8) is 0 Å². The number of hydrogen-bond donors (Lipinski definition) is 2. The second kappa shape index (κ2) is 7.42. The highest BCUT2D eigenvalue weighted by molar-refractivity contribution is 9.10. The van der Waals surface area contributed by atoms with Gasteiger partial charge in [0.1, 0.15) is 0 Å². The van der Waals surface area contributed by atoms with Crippen LogP contribution < -0.4 is 15.4 Å². The second-order valence-corrected chi connectivity index (χ2v) is 5.24. The highest BCUT2D eigenvalue weighted by Gasteiger charge is 2.08. The van der Waals surface area contributed by atoms with Gasteiger partial charge >= 0.3 is 6.01 Å². The summed E-state index contributed by atoms with van der Waals surface area (Å²) in [4.78, 5) is 12.6. The van der Waals surface area contributed by atoms with Gasteiger partial charge in [0.05, 0.1) is 11.6 Å². The van der Waals surface area contributed by atoms with Crippen LogP contribution in [0.2, 0.25) is 5.02 Å². The molecule has 0 spiro atoms. The third-order valence-electron chi connectivity index (χ3n) is 2.40. The molecule has 6 nitrogen and oxygen atoms in total. The van der Waals surface area contributed by atoms with E-state index in [1.54, 1.807) is 6.07 Å². The lowest BCUT2D eigenvalue weighted by Crippen LogP contribution is -2.09. The summed E-state index contributed by atoms with van der Waals surface area (Å²) in [6, 6.07) is 5.74. The zero-order valence-corrected chi connectivity index (χ0v) is 14.0. The maximum Gasteiger partial charge on any atom is 0.323 e. The van der Waals surface area contributed by atoms with Gasteiger partial charge in [0.2, 0.25) is 11.9 Å². The first-order chi connectivity index (χ1) is 10.1. The summed E-state index contributed by atoms with van der Waals surface area (Å²) in [6.45, 7) is 5.04. The highest BCUT2D eigenvalue weighted by Crippen LogP contribution is 2.27. The van der Waals surface area contributed by atoms with Crippen molar-refractivity contribution in [1.29, 1.82) is 0 Å². The average Bonchev–Trinajstić information content (AvgIpc) is 2.43. The van der Waals surface area contributed by atoms with Gasteiger partial charge < -0.3 is 15.4 Å². The number of nitrogens with one attached hydrogen (secondary N) is 2. The van der Waals surface area contributed by atoms with E-state index < -0.39 is 0 Å². The molecule has 0 atom stereocenters. The van der Waals surface area contributed by atoms with Crippen molar-refractivity contribution in [3.05, 3.63) is 27.7 Å². The molecule has 2 N–H and O–H groups in total. The van der Waals surface area contributed by atoms with Crippen molar-refractivity contribution < 1.29 is 4.74 Å². The lowest BCUT2D eigenvalue weighted by molar-refractivity contribution is 0.312. The molecule has 0 saturated carbocycles. The number of rotatable bonds is 6. The molecule has 0 unspecified atom stereocenters. The van der Waals surface area contributed by atoms with Gasteiger partial charge in [-0.25, -0.2) is 0 Å². The molecule has 0 amide bonds. The number of aromatic nitrogens is 3. The predicted octanol–water partition coefficient (Wildman–Crippen LogP) is 3.86. The van der Waals surface area contributed by atoms with Crippen LogP contribution in [0, 0.1) is 0 Å². The van der Waals surface area contributed by atoms with Gasteiger partial charge in [-0.05, 0) is 48.0 Å². The van der Waals surface area contributed by atoms with Crippen LogP contribution in [-0.2, 0) is 0 Å². The molecule has 8 heteroatoms. The molecule has 0 aliphatic rings. The Bertz CT molecular complexity index is 601. The lowest BCUT2D eigenvalue weighted by Gasteiger charge is -2.10. The third-order valence-corrected chi connectivity index (χ3v) is 3.61. The Balaban J connectivity index is 2.26. The summed E-state index contributed by atoms with van der Waals surface area (Å²) in [5, 5.41) is 6.78. The van der Waals surface area contributed by atoms with E-state index in [-0.39, 0.29) is 6.01 Å². The molecule has 1 heterocycles. The largest absolute Gasteiger partial charge is 0.464 e. The second-order valence-electron chi connectivity index (χ2n) is 3.98. The van der Waals surface area contributed by atoms with Crippen LogP contribution in [0.15, 0.2) is 22.7 Å². The summed E-state index contributed by atoms with van der Waals surface area (Å²) in [6.07, 6.45) is 0. The van der Waals surface area contributed by atoms with Gasteiger partial charge in [0.15, 0.2) is 0 Å². The SMILES string of the molecule is CCNc1nc(Nc2ccc(Cl)c(Br)c2)nc(OCC)n1. The average molecular weight is 373 g/mol. The van der Waals surface area contributed by atoms with E-state index in [4.69, 9.17) is 16.3 Å². The summed E-state index contributed by atoms with van der Waals surface area (Å²) in [5.74, 6) is 0.866. The van der Waals surface area contributed by atoms with Crippen molar-refractivity contribution in [2.24, 2.45) is 0 Å². The Hall–Kier alpha value is -1.60. The van der Waals surface area contributed by atoms with Gasteiger partial charge in [-0.15, -0.1) is 0 Å². The molecule has 2 aromatic rings. The quantitative estimate of drug-likeness (QED) is 0.802. The predicted molar refractivity (Wildman–Crippen MR) is 87.6 cm³/mol. The van der Waals surface area contributed by atoms with Gasteiger partial charge in [0, 0.05) is 16.7 Å². The van der Waals surface area contributed by atoms with Crippen molar-refractivity contribution in [2.45, 2.75) is 13.8 Å². The molecule has 0 aliphatic heterocycles. The zero-order valence-electron chi connectivity index (χ0n) is 11.7. The smallest absolute Gasteiger partial charge is 0.323 e. The molecule has 0 bridgehead atoms. The Kier molecular flexibility index (Phi) is 5.58. The first kappa shape index (κ1) is 15.8. The maximum absolute atomic E-state index is 5.97. The summed E-state index contributed by atoms with van der Waals surface area (Å²) < 4.78 is 6.13. The minimum absolute atomic E-state index is 0.277. The Morgan fingerprint density at radius 2 is 1.95 bits per heavy atom. The Morgan fingerprint density at radius 3 is 2.62 bits per heavy atom. The van der Waals surface area contributed by atoms with E-state index in [2.05, 4.69) is 41.5 Å². The summed E-state index contributed by atoms with van der Waals surface area (Å²) in [7, 11) is 0. The summed E-state index contributed by atoms with van der Waals surface area (Å²) in [5.41, 5.74) is 0.808. The van der Waals surface area contributed by atoms with Gasteiger partial charge in [-0.2, -0.15) is 15.0 Å². The first-order valence-corrected chi connectivity index (χ1v) is 7.64. The molecule has 1 aromatic carbocycles. The normalized spacial score (nSPS) is 10.3. The van der Waals surface area contributed by atoms with Crippen LogP contribution in [0.3, 0.4) is 0 Å². The monoisotopic (exact) mass is 371 g/mol. The van der Waals surface area contributed by atoms with Crippen LogP contribution in [0.25, 0.3) is 0 Å². The number of ether oxygens (including phenoxy) is 1. The van der Waals surface area contributed by atoms with E-state index in [0.29, 0.717) is 30.1 Å². The first-order valence-electron chi connectivity index (χ1n) is 6.47. The fourth-order valence-electron chi connectivity index (χ4n) is 1.55. The van der Waals surface area contributed by atoms with Gasteiger partial charge in [-0.1, -0.05) is 11.6 Å². The van der Waals surface area contributed by atoms with Gasteiger partial charge in [-0.3, -0.25) is 0 Å². The van der Waals surface area contributed by atoms with E-state index in [0.717, 1.165) is 10.2 Å². The summed E-state index contributed by atoms with van der Waals surface area (Å²) >= 11 is 9.35. The number of benzene rings is 1. The van der Waals surface area contributed by atoms with Crippen molar-refractivity contribution in [3.8, 4) is 6.01 Å². The molecule has 0 aliphatic carbocycles. The van der Waals surface area contributed by atoms with Crippen LogP contribution in [0.5, 0.6) is 6.01 Å². The van der Waals surface area contributed by atoms with Crippen molar-refractivity contribution in [2.75, 3.05) is 23.8 Å². The topological polar surface area (TPSA) is 72.0 Å². The lowest BCUT2D eigenvalue weighted by atomic mass is 10.3. The van der Waals surface area contributed by atoms with Crippen LogP contribution in [-0.4, -0.2) is 28.1 Å². The minimum Gasteiger partial charge on any atom is -0.464 e. The van der Waals surface area contributed by atoms with Crippen LogP contribution >= 0.6 is 27.5 Å². The van der Waals surface area contributed by atoms with Crippen molar-refractivity contribution >= 4 is 45.1 Å². The Morgan fingerprint density at radius 1 is 1.19 bits per heavy atom. The number of anilines is 3. The van der Waals surface area contributed by atoms with E-state index in [1.165, 1.54) is 0 Å². The van der Waals surface area contributed by atoms with Crippen molar-refractivity contribution in [1.82, 2.24) is 15.0 Å². The van der Waals surface area contributed by atoms with Crippen LogP contribution in [0.4, 0.5) is 17.6 Å². The molecule has 0 saturated heterocycles. The van der Waals surface area contributed by atoms with E-state index in [9.17, 15) is 0 Å². The standard InChI is InChI=1S/C13H15BrClN5O/c1-3-16-11-18-12(20-13(19-11)21-4-2)17-8-5-6-10(15)9(14)7-8/h5-7H,3-4H2,1-2H3,(H2,16,17,18,19,20). The number of halogens is 2. The maximum atomic E-state index is 5.97. The van der Waals surface area contributed by atoms with E-state index in [1.807, 2.05) is 26.0 Å². The highest BCUT2D eigenvalue weighted by atomic mass is 79.9.